The van der Waals surface area contributed by atoms with Gasteiger partial charge in [-0.15, -0.1) is 11.3 Å². The van der Waals surface area contributed by atoms with E-state index in [-0.39, 0.29) is 17.5 Å². The van der Waals surface area contributed by atoms with E-state index in [1.807, 2.05) is 6.92 Å². The zero-order chi connectivity index (χ0) is 19.7. The summed E-state index contributed by atoms with van der Waals surface area (Å²) >= 11 is 1.64. The summed E-state index contributed by atoms with van der Waals surface area (Å²) in [5.41, 5.74) is 4.51. The second kappa shape index (κ2) is 7.72. The van der Waals surface area contributed by atoms with Crippen LogP contribution in [0.4, 0.5) is 0 Å². The van der Waals surface area contributed by atoms with Crippen LogP contribution < -0.4 is 5.32 Å². The van der Waals surface area contributed by atoms with Crippen molar-refractivity contribution in [3.05, 3.63) is 62.9 Å². The molecule has 3 aromatic rings. The molecular formula is C22H22N2O3S. The minimum atomic E-state index is -0.255. The van der Waals surface area contributed by atoms with Crippen molar-refractivity contribution >= 4 is 23.0 Å². The fraction of sp³-hybridized carbons (Fsp3) is 0.318. The average molecular weight is 394 g/mol. The molecule has 2 heterocycles. The van der Waals surface area contributed by atoms with E-state index >= 15 is 0 Å². The number of aryl methyl sites for hydroxylation is 2. The summed E-state index contributed by atoms with van der Waals surface area (Å²) < 4.78 is 5.70. The molecule has 0 bridgehead atoms. The molecule has 0 radical (unpaired) electrons. The standard InChI is InChI=1S/C22H22N2O3S/c1-13-20-18(25)4-3-5-19(20)27-21(13)22(26)23-11-10-15-6-8-16(9-7-15)17-12-28-14(2)24-17/h6-9,12H,3-5,10-11H2,1-2H3,(H,23,26). The molecule has 0 atom stereocenters. The SMILES string of the molecule is Cc1nc(-c2ccc(CCNC(=O)c3oc4c(c3C)C(=O)CCC4)cc2)cs1. The largest absolute Gasteiger partial charge is 0.455 e. The number of benzene rings is 1. The molecule has 6 heteroatoms. The highest BCUT2D eigenvalue weighted by molar-refractivity contribution is 7.09. The molecule has 1 N–H and O–H groups in total. The van der Waals surface area contributed by atoms with Crippen LogP contribution in [0.3, 0.4) is 0 Å². The first kappa shape index (κ1) is 18.6. The van der Waals surface area contributed by atoms with E-state index in [0.29, 0.717) is 29.9 Å². The maximum atomic E-state index is 12.5. The summed E-state index contributed by atoms with van der Waals surface area (Å²) in [4.78, 5) is 29.1. The number of amides is 1. The van der Waals surface area contributed by atoms with Crippen LogP contribution in [0.25, 0.3) is 11.3 Å². The van der Waals surface area contributed by atoms with E-state index < -0.39 is 0 Å². The van der Waals surface area contributed by atoms with Crippen LogP contribution in [0.1, 0.15) is 55.6 Å². The maximum absolute atomic E-state index is 12.5. The predicted octanol–water partition coefficient (Wildman–Crippen LogP) is 4.51. The Kier molecular flexibility index (Phi) is 5.13. The first-order valence-electron chi connectivity index (χ1n) is 9.48. The lowest BCUT2D eigenvalue weighted by molar-refractivity contribution is 0.0920. The summed E-state index contributed by atoms with van der Waals surface area (Å²) in [6.07, 6.45) is 2.77. The average Bonchev–Trinajstić information content (AvgIpc) is 3.27. The molecule has 144 valence electrons. The van der Waals surface area contributed by atoms with Gasteiger partial charge in [0, 0.05) is 35.9 Å². The quantitative estimate of drug-likeness (QED) is 0.691. The molecule has 0 saturated heterocycles. The lowest BCUT2D eigenvalue weighted by Crippen LogP contribution is -2.26. The minimum Gasteiger partial charge on any atom is -0.455 e. The number of ketones is 1. The molecular weight excluding hydrogens is 372 g/mol. The third-order valence-electron chi connectivity index (χ3n) is 5.08. The van der Waals surface area contributed by atoms with Crippen molar-refractivity contribution in [3.8, 4) is 11.3 Å². The zero-order valence-corrected chi connectivity index (χ0v) is 16.8. The lowest BCUT2D eigenvalue weighted by Gasteiger charge is -2.07. The van der Waals surface area contributed by atoms with Crippen LogP contribution in [0.5, 0.6) is 0 Å². The molecule has 0 saturated carbocycles. The van der Waals surface area contributed by atoms with E-state index in [2.05, 4.69) is 39.9 Å². The fourth-order valence-corrected chi connectivity index (χ4v) is 4.23. The highest BCUT2D eigenvalue weighted by atomic mass is 32.1. The van der Waals surface area contributed by atoms with E-state index in [9.17, 15) is 9.59 Å². The number of fused-ring (bicyclic) bond motifs is 1. The van der Waals surface area contributed by atoms with E-state index in [1.54, 1.807) is 18.3 Å². The number of carbonyl (C=O) groups is 2. The highest BCUT2D eigenvalue weighted by Gasteiger charge is 2.28. The Bertz CT molecular complexity index is 1030. The van der Waals surface area contributed by atoms with Gasteiger partial charge in [-0.2, -0.15) is 0 Å². The van der Waals surface area contributed by atoms with Gasteiger partial charge in [-0.1, -0.05) is 24.3 Å². The normalized spacial score (nSPS) is 13.4. The first-order chi connectivity index (χ1) is 13.5. The van der Waals surface area contributed by atoms with Gasteiger partial charge >= 0.3 is 0 Å². The van der Waals surface area contributed by atoms with Crippen molar-refractivity contribution in [1.29, 1.82) is 0 Å². The van der Waals surface area contributed by atoms with Crippen LogP contribution >= 0.6 is 11.3 Å². The van der Waals surface area contributed by atoms with Gasteiger partial charge in [0.1, 0.15) is 5.76 Å². The third-order valence-corrected chi connectivity index (χ3v) is 5.85. The topological polar surface area (TPSA) is 72.2 Å². The summed E-state index contributed by atoms with van der Waals surface area (Å²) in [6, 6.07) is 8.24. The minimum absolute atomic E-state index is 0.0805. The molecule has 4 rings (SSSR count). The maximum Gasteiger partial charge on any atom is 0.287 e. The number of hydrogen-bond acceptors (Lipinski definition) is 5. The zero-order valence-electron chi connectivity index (χ0n) is 16.0. The van der Waals surface area contributed by atoms with E-state index in [4.69, 9.17) is 4.42 Å². The fourth-order valence-electron chi connectivity index (χ4n) is 3.60. The van der Waals surface area contributed by atoms with Crippen LogP contribution in [0.2, 0.25) is 0 Å². The molecule has 1 aliphatic carbocycles. The number of nitrogens with one attached hydrogen (secondary N) is 1. The van der Waals surface area contributed by atoms with Crippen molar-refractivity contribution in [3.63, 3.8) is 0 Å². The summed E-state index contributed by atoms with van der Waals surface area (Å²) in [6.45, 7) is 4.30. The van der Waals surface area contributed by atoms with Crippen LogP contribution in [-0.4, -0.2) is 23.2 Å². The number of hydrogen-bond donors (Lipinski definition) is 1. The number of Topliss-reactive ketones (excluding diaryl/α,β-unsaturated/α-hetero) is 1. The van der Waals surface area contributed by atoms with Crippen molar-refractivity contribution in [2.75, 3.05) is 6.54 Å². The Morgan fingerprint density at radius 1 is 1.21 bits per heavy atom. The molecule has 1 aromatic carbocycles. The lowest BCUT2D eigenvalue weighted by atomic mass is 9.94. The van der Waals surface area contributed by atoms with Gasteiger partial charge < -0.3 is 9.73 Å². The Morgan fingerprint density at radius 2 is 2.00 bits per heavy atom. The number of thiazole rings is 1. The van der Waals surface area contributed by atoms with Gasteiger partial charge in [-0.25, -0.2) is 4.98 Å². The summed E-state index contributed by atoms with van der Waals surface area (Å²) in [7, 11) is 0. The Morgan fingerprint density at radius 3 is 2.68 bits per heavy atom. The second-order valence-electron chi connectivity index (χ2n) is 7.09. The second-order valence-corrected chi connectivity index (χ2v) is 8.15. The van der Waals surface area contributed by atoms with Crippen LogP contribution in [0.15, 0.2) is 34.1 Å². The number of nitrogens with zero attached hydrogens (tertiary/aromatic N) is 1. The van der Waals surface area contributed by atoms with Crippen LogP contribution in [-0.2, 0) is 12.8 Å². The Balaban J connectivity index is 1.36. The van der Waals surface area contributed by atoms with Gasteiger partial charge in [-0.05, 0) is 32.3 Å². The van der Waals surface area contributed by atoms with Gasteiger partial charge in [0.15, 0.2) is 11.5 Å². The molecule has 1 aliphatic rings. The smallest absolute Gasteiger partial charge is 0.287 e. The molecule has 0 unspecified atom stereocenters. The van der Waals surface area contributed by atoms with Crippen molar-refractivity contribution in [2.24, 2.45) is 0 Å². The predicted molar refractivity (Wildman–Crippen MR) is 109 cm³/mol. The number of carbonyl (C=O) groups excluding carboxylic acids is 2. The number of aromatic nitrogens is 1. The number of rotatable bonds is 5. The first-order valence-corrected chi connectivity index (χ1v) is 10.4. The van der Waals surface area contributed by atoms with Crippen molar-refractivity contribution in [2.45, 2.75) is 39.5 Å². The Hall–Kier alpha value is -2.73. The molecule has 0 spiro atoms. The van der Waals surface area contributed by atoms with Gasteiger partial charge in [-0.3, -0.25) is 9.59 Å². The third kappa shape index (κ3) is 3.64. The van der Waals surface area contributed by atoms with E-state index in [0.717, 1.165) is 41.1 Å². The summed E-state index contributed by atoms with van der Waals surface area (Å²) in [5, 5.41) is 6.02. The highest BCUT2D eigenvalue weighted by Crippen LogP contribution is 2.29. The monoisotopic (exact) mass is 394 g/mol. The Labute approximate surface area is 167 Å². The van der Waals surface area contributed by atoms with Crippen molar-refractivity contribution in [1.82, 2.24) is 10.3 Å². The molecule has 1 amide bonds. The van der Waals surface area contributed by atoms with Gasteiger partial charge in [0.25, 0.3) is 5.91 Å². The van der Waals surface area contributed by atoms with Crippen LogP contribution in [0, 0.1) is 13.8 Å². The van der Waals surface area contributed by atoms with E-state index in [1.165, 1.54) is 0 Å². The molecule has 2 aromatic heterocycles. The molecule has 0 fully saturated rings. The van der Waals surface area contributed by atoms with Crippen molar-refractivity contribution < 1.29 is 14.0 Å². The van der Waals surface area contributed by atoms with Gasteiger partial charge in [0.2, 0.25) is 0 Å². The molecule has 0 aliphatic heterocycles. The summed E-state index contributed by atoms with van der Waals surface area (Å²) in [5.74, 6) is 0.757. The molecule has 28 heavy (non-hydrogen) atoms. The van der Waals surface area contributed by atoms with Gasteiger partial charge in [0.05, 0.1) is 16.3 Å². The molecule has 5 nitrogen and oxygen atoms in total. The number of furan rings is 1.